The molecule has 2 fully saturated rings. The van der Waals surface area contributed by atoms with Crippen LogP contribution in [0.4, 0.5) is 0 Å². The second-order valence-electron chi connectivity index (χ2n) is 5.46. The summed E-state index contributed by atoms with van der Waals surface area (Å²) in [4.78, 5) is 14.8. The molecule has 2 aliphatic carbocycles. The van der Waals surface area contributed by atoms with Crippen LogP contribution in [0.5, 0.6) is 0 Å². The van der Waals surface area contributed by atoms with Gasteiger partial charge < -0.3 is 10.6 Å². The first-order valence-corrected chi connectivity index (χ1v) is 7.05. The molecular formula is C13H22N2OS. The summed E-state index contributed by atoms with van der Waals surface area (Å²) >= 11 is 4.97. The van der Waals surface area contributed by atoms with Crippen molar-refractivity contribution >= 4 is 23.1 Å². The predicted octanol–water partition coefficient (Wildman–Crippen LogP) is 1.80. The van der Waals surface area contributed by atoms with Crippen LogP contribution in [0.2, 0.25) is 0 Å². The number of nitrogens with zero attached hydrogens (tertiary/aromatic N) is 1. The molecule has 0 spiro atoms. The highest BCUT2D eigenvalue weighted by Crippen LogP contribution is 2.58. The molecule has 2 aliphatic rings. The Hall–Kier alpha value is -0.640. The highest BCUT2D eigenvalue weighted by Gasteiger charge is 2.57. The fourth-order valence-electron chi connectivity index (χ4n) is 3.19. The van der Waals surface area contributed by atoms with Gasteiger partial charge in [-0.3, -0.25) is 4.79 Å². The summed E-state index contributed by atoms with van der Waals surface area (Å²) in [6.45, 7) is 5.47. The fourth-order valence-corrected chi connectivity index (χ4v) is 3.27. The molecule has 0 aliphatic heterocycles. The van der Waals surface area contributed by atoms with Gasteiger partial charge >= 0.3 is 0 Å². The molecular weight excluding hydrogens is 232 g/mol. The van der Waals surface area contributed by atoms with Gasteiger partial charge in [0.1, 0.15) is 0 Å². The maximum atomic E-state index is 12.4. The first kappa shape index (κ1) is 12.8. The highest BCUT2D eigenvalue weighted by atomic mass is 32.1. The van der Waals surface area contributed by atoms with Crippen LogP contribution in [-0.2, 0) is 4.79 Å². The summed E-state index contributed by atoms with van der Waals surface area (Å²) in [6.07, 6.45) is 3.82. The average molecular weight is 254 g/mol. The summed E-state index contributed by atoms with van der Waals surface area (Å²) in [7, 11) is 0. The zero-order valence-electron chi connectivity index (χ0n) is 10.7. The standard InChI is InChI=1S/C13H22N2OS/c1-3-15(7-8(2)12(14)17)13(16)11-9-5-4-6-10(9)11/h8-11H,3-7H2,1-2H3,(H2,14,17). The van der Waals surface area contributed by atoms with Gasteiger partial charge in [0.25, 0.3) is 0 Å². The van der Waals surface area contributed by atoms with Crippen LogP contribution in [0.25, 0.3) is 0 Å². The number of hydrogen-bond acceptors (Lipinski definition) is 2. The van der Waals surface area contributed by atoms with Gasteiger partial charge in [0.2, 0.25) is 5.91 Å². The predicted molar refractivity (Wildman–Crippen MR) is 72.5 cm³/mol. The highest BCUT2D eigenvalue weighted by molar-refractivity contribution is 7.80. The molecule has 4 heteroatoms. The number of carbonyl (C=O) groups excluding carboxylic acids is 1. The third kappa shape index (κ3) is 2.46. The van der Waals surface area contributed by atoms with Crippen molar-refractivity contribution in [2.24, 2.45) is 29.4 Å². The number of fused-ring (bicyclic) bond motifs is 1. The van der Waals surface area contributed by atoms with Crippen molar-refractivity contribution in [3.63, 3.8) is 0 Å². The molecule has 2 saturated carbocycles. The molecule has 3 unspecified atom stereocenters. The van der Waals surface area contributed by atoms with Gasteiger partial charge in [-0.2, -0.15) is 0 Å². The normalized spacial score (nSPS) is 31.8. The van der Waals surface area contributed by atoms with E-state index in [0.717, 1.165) is 6.54 Å². The summed E-state index contributed by atoms with van der Waals surface area (Å²) in [5.41, 5.74) is 5.62. The lowest BCUT2D eigenvalue weighted by Crippen LogP contribution is -2.39. The second kappa shape index (κ2) is 4.92. The van der Waals surface area contributed by atoms with Crippen LogP contribution in [-0.4, -0.2) is 28.9 Å². The van der Waals surface area contributed by atoms with Crippen LogP contribution < -0.4 is 5.73 Å². The van der Waals surface area contributed by atoms with Crippen molar-refractivity contribution in [1.82, 2.24) is 4.90 Å². The zero-order chi connectivity index (χ0) is 12.6. The van der Waals surface area contributed by atoms with Crippen LogP contribution in [0.1, 0.15) is 33.1 Å². The Kier molecular flexibility index (Phi) is 3.71. The molecule has 2 rings (SSSR count). The Bertz CT molecular complexity index is 321. The lowest BCUT2D eigenvalue weighted by molar-refractivity contribution is -0.133. The Labute approximate surface area is 109 Å². The molecule has 3 atom stereocenters. The minimum atomic E-state index is 0.118. The molecule has 3 nitrogen and oxygen atoms in total. The quantitative estimate of drug-likeness (QED) is 0.761. The summed E-state index contributed by atoms with van der Waals surface area (Å²) in [5, 5.41) is 0. The molecule has 0 aromatic carbocycles. The van der Waals surface area contributed by atoms with Crippen molar-refractivity contribution in [3.05, 3.63) is 0 Å². The van der Waals surface area contributed by atoms with Crippen molar-refractivity contribution in [3.8, 4) is 0 Å². The van der Waals surface area contributed by atoms with Crippen LogP contribution >= 0.6 is 12.2 Å². The Balaban J connectivity index is 1.90. The number of carbonyl (C=O) groups is 1. The minimum Gasteiger partial charge on any atom is -0.393 e. The third-order valence-corrected chi connectivity index (χ3v) is 4.77. The Morgan fingerprint density at radius 2 is 2.06 bits per heavy atom. The lowest BCUT2D eigenvalue weighted by Gasteiger charge is -2.25. The monoisotopic (exact) mass is 254 g/mol. The van der Waals surface area contributed by atoms with Crippen molar-refractivity contribution < 1.29 is 4.79 Å². The van der Waals surface area contributed by atoms with Crippen molar-refractivity contribution in [2.45, 2.75) is 33.1 Å². The molecule has 0 saturated heterocycles. The maximum Gasteiger partial charge on any atom is 0.226 e. The van der Waals surface area contributed by atoms with E-state index in [0.29, 0.717) is 35.2 Å². The van der Waals surface area contributed by atoms with Gasteiger partial charge in [0.15, 0.2) is 0 Å². The van der Waals surface area contributed by atoms with E-state index in [4.69, 9.17) is 18.0 Å². The lowest BCUT2D eigenvalue weighted by atomic mass is 10.1. The van der Waals surface area contributed by atoms with E-state index in [-0.39, 0.29) is 5.92 Å². The topological polar surface area (TPSA) is 46.3 Å². The smallest absolute Gasteiger partial charge is 0.226 e. The van der Waals surface area contributed by atoms with E-state index < -0.39 is 0 Å². The van der Waals surface area contributed by atoms with E-state index in [1.54, 1.807) is 0 Å². The summed E-state index contributed by atoms with van der Waals surface area (Å²) in [6, 6.07) is 0. The molecule has 0 heterocycles. The fraction of sp³-hybridized carbons (Fsp3) is 0.846. The van der Waals surface area contributed by atoms with E-state index in [1.807, 2.05) is 18.7 Å². The molecule has 0 radical (unpaired) electrons. The molecule has 0 aromatic heterocycles. The molecule has 96 valence electrons. The van der Waals surface area contributed by atoms with Crippen LogP contribution in [0, 0.1) is 23.7 Å². The molecule has 0 bridgehead atoms. The SMILES string of the molecule is CCN(CC(C)C(N)=S)C(=O)C1C2CCCC21. The second-order valence-corrected chi connectivity index (χ2v) is 5.94. The number of nitrogens with two attached hydrogens (primary N) is 1. The summed E-state index contributed by atoms with van der Waals surface area (Å²) < 4.78 is 0. The van der Waals surface area contributed by atoms with Gasteiger partial charge in [0.05, 0.1) is 4.99 Å². The Morgan fingerprint density at radius 1 is 1.47 bits per heavy atom. The van der Waals surface area contributed by atoms with E-state index >= 15 is 0 Å². The summed E-state index contributed by atoms with van der Waals surface area (Å²) in [5.74, 6) is 2.16. The van der Waals surface area contributed by atoms with Crippen molar-refractivity contribution in [1.29, 1.82) is 0 Å². The molecule has 17 heavy (non-hydrogen) atoms. The van der Waals surface area contributed by atoms with E-state index in [2.05, 4.69) is 0 Å². The zero-order valence-corrected chi connectivity index (χ0v) is 11.5. The molecule has 2 N–H and O–H groups in total. The average Bonchev–Trinajstić information content (AvgIpc) is 2.77. The minimum absolute atomic E-state index is 0.118. The number of hydrogen-bond donors (Lipinski definition) is 1. The first-order valence-electron chi connectivity index (χ1n) is 6.64. The number of rotatable bonds is 5. The van der Waals surface area contributed by atoms with Gasteiger partial charge in [-0.15, -0.1) is 0 Å². The number of amides is 1. The maximum absolute atomic E-state index is 12.4. The number of thiocarbonyl (C=S) groups is 1. The van der Waals surface area contributed by atoms with Crippen molar-refractivity contribution in [2.75, 3.05) is 13.1 Å². The van der Waals surface area contributed by atoms with Gasteiger partial charge in [-0.05, 0) is 31.6 Å². The van der Waals surface area contributed by atoms with E-state index in [1.165, 1.54) is 19.3 Å². The van der Waals surface area contributed by atoms with Gasteiger partial charge in [-0.1, -0.05) is 25.6 Å². The Morgan fingerprint density at radius 3 is 2.53 bits per heavy atom. The third-order valence-electron chi connectivity index (χ3n) is 4.37. The largest absolute Gasteiger partial charge is 0.393 e. The van der Waals surface area contributed by atoms with Gasteiger partial charge in [0, 0.05) is 24.9 Å². The first-order chi connectivity index (χ1) is 8.06. The molecule has 1 amide bonds. The van der Waals surface area contributed by atoms with Crippen LogP contribution in [0.15, 0.2) is 0 Å². The molecule has 0 aromatic rings. The van der Waals surface area contributed by atoms with Gasteiger partial charge in [-0.25, -0.2) is 0 Å². The van der Waals surface area contributed by atoms with Crippen LogP contribution in [0.3, 0.4) is 0 Å². The van der Waals surface area contributed by atoms with E-state index in [9.17, 15) is 4.79 Å².